The van der Waals surface area contributed by atoms with Gasteiger partial charge in [0.15, 0.2) is 17.1 Å². The zero-order chi connectivity index (χ0) is 23.0. The minimum Gasteiger partial charge on any atom is -0.454 e. The molecule has 2 aromatic carbocycles. The SMILES string of the molecule is O=C(CSc1nnc2ccc(-c3ccc4c(c3)OCO4)nn12)Nc1ccccc1C(F)(F)F. The number of carbonyl (C=O) groups excluding carboxylic acids is 1. The number of anilines is 1. The number of aromatic nitrogens is 4. The van der Waals surface area contributed by atoms with Crippen molar-refractivity contribution < 1.29 is 27.4 Å². The van der Waals surface area contributed by atoms with Crippen LogP contribution in [0, 0.1) is 0 Å². The minimum atomic E-state index is -4.57. The number of hydrogen-bond donors (Lipinski definition) is 1. The molecule has 0 spiro atoms. The summed E-state index contributed by atoms with van der Waals surface area (Å²) in [5, 5.41) is 15.2. The Balaban J connectivity index is 1.33. The summed E-state index contributed by atoms with van der Waals surface area (Å²) in [7, 11) is 0. The average molecular weight is 473 g/mol. The Kier molecular flexibility index (Phi) is 5.29. The lowest BCUT2D eigenvalue weighted by Gasteiger charge is -2.13. The van der Waals surface area contributed by atoms with E-state index in [1.54, 1.807) is 24.3 Å². The Hall–Kier alpha value is -3.80. The molecule has 0 radical (unpaired) electrons. The molecule has 1 aliphatic heterocycles. The largest absolute Gasteiger partial charge is 0.454 e. The molecule has 0 saturated heterocycles. The number of carbonyl (C=O) groups is 1. The maximum absolute atomic E-state index is 13.1. The standard InChI is InChI=1S/C21H14F3N5O3S/c22-21(23,24)13-3-1-2-4-15(13)25-19(30)10-33-20-27-26-18-8-6-14(28-29(18)20)12-5-7-16-17(9-12)32-11-31-16/h1-9H,10-11H2,(H,25,30). The van der Waals surface area contributed by atoms with Gasteiger partial charge in [-0.05, 0) is 42.5 Å². The Bertz CT molecular complexity index is 1360. The lowest BCUT2D eigenvalue weighted by Crippen LogP contribution is -2.18. The summed E-state index contributed by atoms with van der Waals surface area (Å²) in [5.74, 6) is 0.477. The van der Waals surface area contributed by atoms with E-state index in [-0.39, 0.29) is 18.2 Å². The third kappa shape index (κ3) is 4.29. The van der Waals surface area contributed by atoms with Crippen molar-refractivity contribution in [2.75, 3.05) is 17.9 Å². The number of nitrogens with one attached hydrogen (secondary N) is 1. The zero-order valence-electron chi connectivity index (χ0n) is 16.7. The van der Waals surface area contributed by atoms with E-state index in [4.69, 9.17) is 9.47 Å². The molecular weight excluding hydrogens is 459 g/mol. The van der Waals surface area contributed by atoms with Crippen molar-refractivity contribution in [1.29, 1.82) is 0 Å². The van der Waals surface area contributed by atoms with E-state index in [9.17, 15) is 18.0 Å². The molecule has 12 heteroatoms. The number of hydrogen-bond acceptors (Lipinski definition) is 7. The van der Waals surface area contributed by atoms with Crippen molar-refractivity contribution >= 4 is 29.0 Å². The van der Waals surface area contributed by atoms with Crippen molar-refractivity contribution in [3.05, 3.63) is 60.2 Å². The summed E-state index contributed by atoms with van der Waals surface area (Å²) in [6.07, 6.45) is -4.57. The van der Waals surface area contributed by atoms with Crippen molar-refractivity contribution in [2.45, 2.75) is 11.3 Å². The molecule has 0 saturated carbocycles. The van der Waals surface area contributed by atoms with Crippen molar-refractivity contribution in [3.63, 3.8) is 0 Å². The average Bonchev–Trinajstić information content (AvgIpc) is 3.43. The molecule has 0 aliphatic carbocycles. The van der Waals surface area contributed by atoms with Crippen LogP contribution in [0.2, 0.25) is 0 Å². The predicted molar refractivity (Wildman–Crippen MR) is 113 cm³/mol. The summed E-state index contributed by atoms with van der Waals surface area (Å²) in [6, 6.07) is 13.7. The monoisotopic (exact) mass is 473 g/mol. The summed E-state index contributed by atoms with van der Waals surface area (Å²) < 4.78 is 51.6. The number of amides is 1. The maximum Gasteiger partial charge on any atom is 0.418 e. The second kappa shape index (κ2) is 8.28. The van der Waals surface area contributed by atoms with Gasteiger partial charge in [-0.3, -0.25) is 4.79 Å². The van der Waals surface area contributed by atoms with Gasteiger partial charge in [-0.15, -0.1) is 10.2 Å². The Morgan fingerprint density at radius 2 is 1.88 bits per heavy atom. The fraction of sp³-hybridized carbons (Fsp3) is 0.143. The Morgan fingerprint density at radius 3 is 2.73 bits per heavy atom. The molecule has 0 unspecified atom stereocenters. The molecule has 2 aromatic heterocycles. The quantitative estimate of drug-likeness (QED) is 0.433. The smallest absolute Gasteiger partial charge is 0.418 e. The van der Waals surface area contributed by atoms with Crippen LogP contribution in [0.15, 0.2) is 59.8 Å². The number of para-hydroxylation sites is 1. The van der Waals surface area contributed by atoms with E-state index in [1.807, 2.05) is 6.07 Å². The molecule has 3 heterocycles. The number of fused-ring (bicyclic) bond motifs is 2. The van der Waals surface area contributed by atoms with Crippen LogP contribution in [0.1, 0.15) is 5.56 Å². The number of rotatable bonds is 5. The summed E-state index contributed by atoms with van der Waals surface area (Å²) in [6.45, 7) is 0.160. The molecular formula is C21H14F3N5O3S. The van der Waals surface area contributed by atoms with Gasteiger partial charge in [0.05, 0.1) is 22.7 Å². The summed E-state index contributed by atoms with van der Waals surface area (Å²) in [5.41, 5.74) is 0.652. The predicted octanol–water partition coefficient (Wildman–Crippen LogP) is 4.27. The van der Waals surface area contributed by atoms with Crippen molar-refractivity contribution in [2.24, 2.45) is 0 Å². The van der Waals surface area contributed by atoms with E-state index >= 15 is 0 Å². The van der Waals surface area contributed by atoms with Crippen LogP contribution in [-0.4, -0.2) is 38.3 Å². The van der Waals surface area contributed by atoms with Gasteiger partial charge in [-0.1, -0.05) is 23.9 Å². The normalized spacial score (nSPS) is 12.8. The number of halogens is 3. The lowest BCUT2D eigenvalue weighted by atomic mass is 10.1. The molecule has 1 amide bonds. The molecule has 4 aromatic rings. The second-order valence-electron chi connectivity index (χ2n) is 6.92. The highest BCUT2D eigenvalue weighted by atomic mass is 32.2. The van der Waals surface area contributed by atoms with Crippen LogP contribution >= 0.6 is 11.8 Å². The van der Waals surface area contributed by atoms with Crippen LogP contribution in [-0.2, 0) is 11.0 Å². The fourth-order valence-electron chi connectivity index (χ4n) is 3.22. The van der Waals surface area contributed by atoms with Crippen LogP contribution in [0.4, 0.5) is 18.9 Å². The molecule has 8 nitrogen and oxygen atoms in total. The first-order valence-corrected chi connectivity index (χ1v) is 10.6. The number of nitrogens with zero attached hydrogens (tertiary/aromatic N) is 4. The highest BCUT2D eigenvalue weighted by molar-refractivity contribution is 7.99. The van der Waals surface area contributed by atoms with Crippen molar-refractivity contribution in [3.8, 4) is 22.8 Å². The van der Waals surface area contributed by atoms with Crippen LogP contribution in [0.3, 0.4) is 0 Å². The number of thioether (sulfide) groups is 1. The Labute approximate surface area is 188 Å². The topological polar surface area (TPSA) is 90.6 Å². The van der Waals surface area contributed by atoms with Crippen LogP contribution in [0.25, 0.3) is 16.9 Å². The van der Waals surface area contributed by atoms with Crippen molar-refractivity contribution in [1.82, 2.24) is 19.8 Å². The van der Waals surface area contributed by atoms with Gasteiger partial charge in [-0.25, -0.2) is 0 Å². The number of alkyl halides is 3. The molecule has 1 aliphatic rings. The molecule has 0 fully saturated rings. The van der Waals surface area contributed by atoms with Gasteiger partial charge in [0.2, 0.25) is 17.9 Å². The summed E-state index contributed by atoms with van der Waals surface area (Å²) in [4.78, 5) is 12.3. The van der Waals surface area contributed by atoms with E-state index < -0.39 is 17.6 Å². The van der Waals surface area contributed by atoms with Gasteiger partial charge in [0.25, 0.3) is 0 Å². The van der Waals surface area contributed by atoms with Gasteiger partial charge in [0, 0.05) is 5.56 Å². The van der Waals surface area contributed by atoms with Gasteiger partial charge < -0.3 is 14.8 Å². The van der Waals surface area contributed by atoms with Crippen LogP contribution < -0.4 is 14.8 Å². The first kappa shape index (κ1) is 21.1. The van der Waals surface area contributed by atoms with Gasteiger partial charge >= 0.3 is 6.18 Å². The van der Waals surface area contributed by atoms with Crippen LogP contribution in [0.5, 0.6) is 11.5 Å². The van der Waals surface area contributed by atoms with Gasteiger partial charge in [0.1, 0.15) is 0 Å². The third-order valence-corrected chi connectivity index (χ3v) is 5.66. The summed E-state index contributed by atoms with van der Waals surface area (Å²) >= 11 is 1.01. The second-order valence-corrected chi connectivity index (χ2v) is 7.86. The molecule has 5 rings (SSSR count). The minimum absolute atomic E-state index is 0.160. The molecule has 1 N–H and O–H groups in total. The first-order chi connectivity index (χ1) is 15.9. The highest BCUT2D eigenvalue weighted by Crippen LogP contribution is 2.36. The molecule has 168 valence electrons. The molecule has 0 atom stereocenters. The van der Waals surface area contributed by atoms with E-state index in [2.05, 4.69) is 20.6 Å². The van der Waals surface area contributed by atoms with E-state index in [0.717, 1.165) is 23.4 Å². The highest BCUT2D eigenvalue weighted by Gasteiger charge is 2.33. The fourth-order valence-corrected chi connectivity index (χ4v) is 3.91. The number of benzene rings is 2. The number of ether oxygens (including phenoxy) is 2. The Morgan fingerprint density at radius 1 is 1.06 bits per heavy atom. The third-order valence-electron chi connectivity index (χ3n) is 4.74. The lowest BCUT2D eigenvalue weighted by molar-refractivity contribution is -0.137. The first-order valence-electron chi connectivity index (χ1n) is 9.60. The van der Waals surface area contributed by atoms with E-state index in [0.29, 0.717) is 28.0 Å². The maximum atomic E-state index is 13.1. The molecule has 33 heavy (non-hydrogen) atoms. The van der Waals surface area contributed by atoms with E-state index in [1.165, 1.54) is 22.7 Å². The zero-order valence-corrected chi connectivity index (χ0v) is 17.5. The van der Waals surface area contributed by atoms with Gasteiger partial charge in [-0.2, -0.15) is 22.8 Å². The molecule has 0 bridgehead atoms.